The Morgan fingerprint density at radius 1 is 1.43 bits per heavy atom. The number of aromatic nitrogens is 1. The van der Waals surface area contributed by atoms with Gasteiger partial charge in [-0.3, -0.25) is 14.7 Å². The molecule has 0 bridgehead atoms. The Bertz CT molecular complexity index is 493. The first kappa shape index (κ1) is 15.9. The molecular formula is C15H23N3O3. The largest absolute Gasteiger partial charge is 0.392 e. The molecule has 21 heavy (non-hydrogen) atoms. The van der Waals surface area contributed by atoms with Gasteiger partial charge in [-0.2, -0.15) is 0 Å². The third kappa shape index (κ3) is 4.00. The van der Waals surface area contributed by atoms with E-state index in [1.54, 1.807) is 17.0 Å². The van der Waals surface area contributed by atoms with Gasteiger partial charge in [-0.15, -0.1) is 0 Å². The lowest BCUT2D eigenvalue weighted by molar-refractivity contribution is 0.0654. The fourth-order valence-corrected chi connectivity index (χ4v) is 2.52. The average molecular weight is 293 g/mol. The summed E-state index contributed by atoms with van der Waals surface area (Å²) < 4.78 is 0. The van der Waals surface area contributed by atoms with E-state index in [4.69, 9.17) is 5.11 Å². The van der Waals surface area contributed by atoms with Gasteiger partial charge >= 0.3 is 0 Å². The van der Waals surface area contributed by atoms with Crippen molar-refractivity contribution in [2.24, 2.45) is 0 Å². The van der Waals surface area contributed by atoms with E-state index in [1.165, 1.54) is 6.20 Å². The van der Waals surface area contributed by atoms with Crippen LogP contribution < -0.4 is 0 Å². The summed E-state index contributed by atoms with van der Waals surface area (Å²) in [5.74, 6) is -0.199. The Hall–Kier alpha value is -1.50. The molecule has 1 aliphatic rings. The van der Waals surface area contributed by atoms with Gasteiger partial charge in [0.15, 0.2) is 0 Å². The molecule has 1 aromatic rings. The second-order valence-electron chi connectivity index (χ2n) is 5.70. The number of hydrogen-bond donors (Lipinski definition) is 2. The number of nitrogens with zero attached hydrogens (tertiary/aromatic N) is 3. The van der Waals surface area contributed by atoms with E-state index in [1.807, 2.05) is 0 Å². The lowest BCUT2D eigenvalue weighted by Crippen LogP contribution is -2.38. The highest BCUT2D eigenvalue weighted by molar-refractivity contribution is 5.92. The Morgan fingerprint density at radius 3 is 2.86 bits per heavy atom. The van der Waals surface area contributed by atoms with Gasteiger partial charge in [-0.25, -0.2) is 0 Å². The molecule has 1 amide bonds. The maximum Gasteiger partial charge on any atom is 0.272 e. The van der Waals surface area contributed by atoms with Crippen molar-refractivity contribution in [3.05, 3.63) is 29.6 Å². The van der Waals surface area contributed by atoms with Crippen molar-refractivity contribution in [3.8, 4) is 0 Å². The van der Waals surface area contributed by atoms with E-state index in [0.717, 1.165) is 6.54 Å². The van der Waals surface area contributed by atoms with Gasteiger partial charge in [0.1, 0.15) is 5.69 Å². The first-order valence-corrected chi connectivity index (χ1v) is 7.28. The molecule has 0 saturated carbocycles. The average Bonchev–Trinajstić information content (AvgIpc) is 2.68. The van der Waals surface area contributed by atoms with Crippen molar-refractivity contribution in [2.45, 2.75) is 32.6 Å². The quantitative estimate of drug-likeness (QED) is 0.826. The molecule has 116 valence electrons. The molecule has 0 spiro atoms. The Balaban J connectivity index is 2.11. The summed E-state index contributed by atoms with van der Waals surface area (Å²) in [5, 5.41) is 19.2. The van der Waals surface area contributed by atoms with E-state index in [2.05, 4.69) is 23.7 Å². The standard InChI is InChI=1S/C15H23N3O3/c1-11(2)17-5-6-18(9-13(20)8-17)15(21)14-7-12(10-19)3-4-16-14/h3-4,7,11,13,19-20H,5-6,8-10H2,1-2H3. The molecule has 0 aliphatic carbocycles. The van der Waals surface area contributed by atoms with Crippen LogP contribution in [0.25, 0.3) is 0 Å². The zero-order valence-electron chi connectivity index (χ0n) is 12.6. The molecule has 1 fully saturated rings. The minimum atomic E-state index is -0.556. The SMILES string of the molecule is CC(C)N1CCN(C(=O)c2cc(CO)ccn2)CC(O)C1. The first-order chi connectivity index (χ1) is 10.0. The van der Waals surface area contributed by atoms with Crippen LogP contribution >= 0.6 is 0 Å². The maximum absolute atomic E-state index is 12.5. The highest BCUT2D eigenvalue weighted by Gasteiger charge is 2.26. The van der Waals surface area contributed by atoms with Crippen molar-refractivity contribution >= 4 is 5.91 Å². The van der Waals surface area contributed by atoms with Crippen LogP contribution in [-0.4, -0.2) is 69.2 Å². The number of rotatable bonds is 3. The summed E-state index contributed by atoms with van der Waals surface area (Å²) >= 11 is 0. The fraction of sp³-hybridized carbons (Fsp3) is 0.600. The normalized spacial score (nSPS) is 20.6. The number of carbonyl (C=O) groups is 1. The number of β-amino-alcohol motifs (C(OH)–C–C–N with tert-alkyl or cyclic N) is 1. The summed E-state index contributed by atoms with van der Waals surface area (Å²) in [7, 11) is 0. The molecule has 6 nitrogen and oxygen atoms in total. The van der Waals surface area contributed by atoms with Crippen LogP contribution in [0.2, 0.25) is 0 Å². The number of aliphatic hydroxyl groups excluding tert-OH is 2. The molecule has 0 aromatic carbocycles. The van der Waals surface area contributed by atoms with Crippen molar-refractivity contribution in [1.82, 2.24) is 14.8 Å². The molecular weight excluding hydrogens is 270 g/mol. The van der Waals surface area contributed by atoms with Gasteiger partial charge in [0.05, 0.1) is 12.7 Å². The summed E-state index contributed by atoms with van der Waals surface area (Å²) in [6.07, 6.45) is 0.966. The summed E-state index contributed by atoms with van der Waals surface area (Å²) in [6, 6.07) is 3.61. The summed E-state index contributed by atoms with van der Waals surface area (Å²) in [5.41, 5.74) is 0.972. The number of pyridine rings is 1. The van der Waals surface area contributed by atoms with Gasteiger partial charge in [-0.1, -0.05) is 0 Å². The molecule has 6 heteroatoms. The first-order valence-electron chi connectivity index (χ1n) is 7.28. The van der Waals surface area contributed by atoms with Gasteiger partial charge in [0, 0.05) is 38.4 Å². The molecule has 1 aliphatic heterocycles. The molecule has 1 unspecified atom stereocenters. The van der Waals surface area contributed by atoms with E-state index in [9.17, 15) is 9.90 Å². The van der Waals surface area contributed by atoms with Gasteiger partial charge in [-0.05, 0) is 31.5 Å². The molecule has 2 rings (SSSR count). The summed E-state index contributed by atoms with van der Waals surface area (Å²) in [4.78, 5) is 20.4. The molecule has 2 heterocycles. The minimum Gasteiger partial charge on any atom is -0.392 e. The second kappa shape index (κ2) is 6.98. The summed E-state index contributed by atoms with van der Waals surface area (Å²) in [6.45, 7) is 6.23. The van der Waals surface area contributed by atoms with Crippen molar-refractivity contribution in [2.75, 3.05) is 26.2 Å². The van der Waals surface area contributed by atoms with Gasteiger partial charge < -0.3 is 15.1 Å². The van der Waals surface area contributed by atoms with Gasteiger partial charge in [0.2, 0.25) is 0 Å². The van der Waals surface area contributed by atoms with Crippen molar-refractivity contribution < 1.29 is 15.0 Å². The third-order valence-corrected chi connectivity index (χ3v) is 3.78. The van der Waals surface area contributed by atoms with Crippen LogP contribution in [0.4, 0.5) is 0 Å². The Kier molecular flexibility index (Phi) is 5.27. The molecule has 2 N–H and O–H groups in total. The van der Waals surface area contributed by atoms with Crippen LogP contribution in [0.15, 0.2) is 18.3 Å². The van der Waals surface area contributed by atoms with E-state index < -0.39 is 6.10 Å². The van der Waals surface area contributed by atoms with Crippen LogP contribution in [0.3, 0.4) is 0 Å². The topological polar surface area (TPSA) is 76.9 Å². The number of hydrogen-bond acceptors (Lipinski definition) is 5. The monoisotopic (exact) mass is 293 g/mol. The highest BCUT2D eigenvalue weighted by atomic mass is 16.3. The second-order valence-corrected chi connectivity index (χ2v) is 5.70. The lowest BCUT2D eigenvalue weighted by Gasteiger charge is -2.25. The molecule has 0 radical (unpaired) electrons. The number of amides is 1. The number of aliphatic hydroxyl groups is 2. The van der Waals surface area contributed by atoms with E-state index in [0.29, 0.717) is 36.9 Å². The van der Waals surface area contributed by atoms with E-state index in [-0.39, 0.29) is 12.5 Å². The Labute approximate surface area is 125 Å². The molecule has 1 atom stereocenters. The molecule has 1 saturated heterocycles. The molecule has 1 aromatic heterocycles. The minimum absolute atomic E-state index is 0.118. The van der Waals surface area contributed by atoms with Crippen LogP contribution in [0.5, 0.6) is 0 Å². The fourth-order valence-electron chi connectivity index (χ4n) is 2.52. The lowest BCUT2D eigenvalue weighted by atomic mass is 10.2. The predicted molar refractivity (Wildman–Crippen MR) is 78.8 cm³/mol. The van der Waals surface area contributed by atoms with Crippen molar-refractivity contribution in [3.63, 3.8) is 0 Å². The zero-order chi connectivity index (χ0) is 15.4. The Morgan fingerprint density at radius 2 is 2.19 bits per heavy atom. The third-order valence-electron chi connectivity index (χ3n) is 3.78. The maximum atomic E-state index is 12.5. The zero-order valence-corrected chi connectivity index (χ0v) is 12.6. The van der Waals surface area contributed by atoms with Crippen LogP contribution in [-0.2, 0) is 6.61 Å². The smallest absolute Gasteiger partial charge is 0.272 e. The van der Waals surface area contributed by atoms with Gasteiger partial charge in [0.25, 0.3) is 5.91 Å². The van der Waals surface area contributed by atoms with Crippen LogP contribution in [0, 0.1) is 0 Å². The van der Waals surface area contributed by atoms with Crippen LogP contribution in [0.1, 0.15) is 29.9 Å². The van der Waals surface area contributed by atoms with E-state index >= 15 is 0 Å². The number of carbonyl (C=O) groups excluding carboxylic acids is 1. The highest BCUT2D eigenvalue weighted by Crippen LogP contribution is 2.11. The predicted octanol–water partition coefficient (Wildman–Crippen LogP) is 0.101. The van der Waals surface area contributed by atoms with Crippen molar-refractivity contribution in [1.29, 1.82) is 0 Å².